The number of nitrogens with zero attached hydrogens (tertiary/aromatic N) is 2. The van der Waals surface area contributed by atoms with Gasteiger partial charge in [-0.1, -0.05) is 5.16 Å². The summed E-state index contributed by atoms with van der Waals surface area (Å²) in [6, 6.07) is 6.07. The lowest BCUT2D eigenvalue weighted by atomic mass is 10.3. The second-order valence-electron chi connectivity index (χ2n) is 3.59. The number of aryl methyl sites for hydroxylation is 1. The second-order valence-corrected chi connectivity index (χ2v) is 4.44. The van der Waals surface area contributed by atoms with Crippen molar-refractivity contribution in [2.24, 2.45) is 0 Å². The first kappa shape index (κ1) is 12.6. The van der Waals surface area contributed by atoms with E-state index in [1.807, 2.05) is 0 Å². The topological polar surface area (TPSA) is 78.4 Å². The highest BCUT2D eigenvalue weighted by Crippen LogP contribution is 2.29. The minimum Gasteiger partial charge on any atom is -0.486 e. The number of aromatic nitrogens is 1. The SMILES string of the molecule is Cc1cc(COc2cc([N+](=O)[O-])ccc2Br)no1. The number of nitro benzene ring substituents is 1. The normalized spacial score (nSPS) is 10.3. The Kier molecular flexibility index (Phi) is 3.61. The highest BCUT2D eigenvalue weighted by atomic mass is 79.9. The predicted molar refractivity (Wildman–Crippen MR) is 66.4 cm³/mol. The molecule has 0 saturated heterocycles. The summed E-state index contributed by atoms with van der Waals surface area (Å²) in [4.78, 5) is 10.2. The second kappa shape index (κ2) is 5.18. The largest absolute Gasteiger partial charge is 0.486 e. The summed E-state index contributed by atoms with van der Waals surface area (Å²) < 4.78 is 11.0. The predicted octanol–water partition coefficient (Wildman–Crippen LogP) is 3.23. The fourth-order valence-electron chi connectivity index (χ4n) is 1.35. The van der Waals surface area contributed by atoms with Crippen LogP contribution in [0.2, 0.25) is 0 Å². The number of benzene rings is 1. The van der Waals surface area contributed by atoms with Crippen LogP contribution in [0.1, 0.15) is 11.5 Å². The third-order valence-corrected chi connectivity index (χ3v) is 2.83. The lowest BCUT2D eigenvalue weighted by Crippen LogP contribution is -1.97. The first-order valence-corrected chi connectivity index (χ1v) is 5.84. The first-order valence-electron chi connectivity index (χ1n) is 5.05. The van der Waals surface area contributed by atoms with E-state index in [0.717, 1.165) is 0 Å². The van der Waals surface area contributed by atoms with Crippen LogP contribution in [0.3, 0.4) is 0 Å². The number of halogens is 1. The molecular formula is C11H9BrN2O4. The minimum atomic E-state index is -0.473. The van der Waals surface area contributed by atoms with E-state index < -0.39 is 4.92 Å². The fourth-order valence-corrected chi connectivity index (χ4v) is 1.71. The Balaban J connectivity index is 2.13. The van der Waals surface area contributed by atoms with Crippen molar-refractivity contribution >= 4 is 21.6 Å². The summed E-state index contributed by atoms with van der Waals surface area (Å²) >= 11 is 3.27. The molecule has 2 rings (SSSR count). The molecule has 2 aromatic rings. The van der Waals surface area contributed by atoms with Crippen molar-refractivity contribution in [3.63, 3.8) is 0 Å². The van der Waals surface area contributed by atoms with Crippen molar-refractivity contribution in [1.29, 1.82) is 0 Å². The number of non-ortho nitro benzene ring substituents is 1. The van der Waals surface area contributed by atoms with Gasteiger partial charge in [-0.25, -0.2) is 0 Å². The Morgan fingerprint density at radius 2 is 2.28 bits per heavy atom. The maximum atomic E-state index is 10.6. The maximum absolute atomic E-state index is 10.6. The zero-order valence-electron chi connectivity index (χ0n) is 9.42. The van der Waals surface area contributed by atoms with Crippen molar-refractivity contribution in [3.8, 4) is 5.75 Å². The molecule has 0 aliphatic carbocycles. The highest BCUT2D eigenvalue weighted by Gasteiger charge is 2.11. The number of hydrogen-bond donors (Lipinski definition) is 0. The van der Waals surface area contributed by atoms with E-state index in [1.165, 1.54) is 12.1 Å². The van der Waals surface area contributed by atoms with E-state index in [1.54, 1.807) is 19.1 Å². The van der Waals surface area contributed by atoms with E-state index in [2.05, 4.69) is 21.1 Å². The molecule has 0 N–H and O–H groups in total. The van der Waals surface area contributed by atoms with Gasteiger partial charge in [-0.05, 0) is 28.9 Å². The summed E-state index contributed by atoms with van der Waals surface area (Å²) in [5, 5.41) is 14.4. The lowest BCUT2D eigenvalue weighted by molar-refractivity contribution is -0.385. The van der Waals surface area contributed by atoms with Gasteiger partial charge in [0.25, 0.3) is 5.69 Å². The zero-order chi connectivity index (χ0) is 13.1. The minimum absolute atomic E-state index is 0.0236. The Bertz CT molecular complexity index is 582. The van der Waals surface area contributed by atoms with Gasteiger partial charge < -0.3 is 9.26 Å². The summed E-state index contributed by atoms with van der Waals surface area (Å²) in [6.07, 6.45) is 0. The Morgan fingerprint density at radius 1 is 1.50 bits per heavy atom. The number of hydrogen-bond acceptors (Lipinski definition) is 5. The molecule has 1 aromatic carbocycles. The summed E-state index contributed by atoms with van der Waals surface area (Å²) in [7, 11) is 0. The third kappa shape index (κ3) is 2.86. The zero-order valence-corrected chi connectivity index (χ0v) is 11.0. The van der Waals surface area contributed by atoms with Crippen molar-refractivity contribution < 1.29 is 14.2 Å². The van der Waals surface area contributed by atoms with E-state index in [-0.39, 0.29) is 12.3 Å². The molecule has 0 fully saturated rings. The van der Waals surface area contributed by atoms with Gasteiger partial charge in [-0.3, -0.25) is 10.1 Å². The van der Waals surface area contributed by atoms with Crippen molar-refractivity contribution in [1.82, 2.24) is 5.16 Å². The van der Waals surface area contributed by atoms with Crippen LogP contribution in [0.25, 0.3) is 0 Å². The molecule has 1 heterocycles. The maximum Gasteiger partial charge on any atom is 0.273 e. The van der Waals surface area contributed by atoms with E-state index >= 15 is 0 Å². The highest BCUT2D eigenvalue weighted by molar-refractivity contribution is 9.10. The Hall–Kier alpha value is -1.89. The number of rotatable bonds is 4. The van der Waals surface area contributed by atoms with Crippen LogP contribution in [0.5, 0.6) is 5.75 Å². The van der Waals surface area contributed by atoms with Crippen LogP contribution >= 0.6 is 15.9 Å². The first-order chi connectivity index (χ1) is 8.56. The van der Waals surface area contributed by atoms with Crippen molar-refractivity contribution in [3.05, 3.63) is 50.3 Å². The average Bonchev–Trinajstić information content (AvgIpc) is 2.74. The molecule has 0 saturated carbocycles. The third-order valence-electron chi connectivity index (χ3n) is 2.18. The fraction of sp³-hybridized carbons (Fsp3) is 0.182. The molecule has 0 aliphatic heterocycles. The molecule has 1 aromatic heterocycles. The van der Waals surface area contributed by atoms with E-state index in [4.69, 9.17) is 9.26 Å². The molecule has 7 heteroatoms. The van der Waals surface area contributed by atoms with Crippen LogP contribution < -0.4 is 4.74 Å². The smallest absolute Gasteiger partial charge is 0.273 e. The summed E-state index contributed by atoms with van der Waals surface area (Å²) in [5.41, 5.74) is 0.607. The quantitative estimate of drug-likeness (QED) is 0.639. The van der Waals surface area contributed by atoms with Gasteiger partial charge in [0.05, 0.1) is 15.5 Å². The van der Waals surface area contributed by atoms with Gasteiger partial charge >= 0.3 is 0 Å². The molecule has 0 unspecified atom stereocenters. The van der Waals surface area contributed by atoms with Crippen molar-refractivity contribution in [2.45, 2.75) is 13.5 Å². The van der Waals surface area contributed by atoms with Crippen LogP contribution in [0, 0.1) is 17.0 Å². The summed E-state index contributed by atoms with van der Waals surface area (Å²) in [6.45, 7) is 1.97. The van der Waals surface area contributed by atoms with Gasteiger partial charge in [-0.15, -0.1) is 0 Å². The molecule has 6 nitrogen and oxygen atoms in total. The standard InChI is InChI=1S/C11H9BrN2O4/c1-7-4-8(13-18-7)6-17-11-5-9(14(15)16)2-3-10(11)12/h2-5H,6H2,1H3. The molecule has 18 heavy (non-hydrogen) atoms. The monoisotopic (exact) mass is 312 g/mol. The van der Waals surface area contributed by atoms with Crippen LogP contribution in [-0.4, -0.2) is 10.1 Å². The van der Waals surface area contributed by atoms with Gasteiger partial charge in [0, 0.05) is 12.1 Å². The van der Waals surface area contributed by atoms with E-state index in [0.29, 0.717) is 21.7 Å². The lowest BCUT2D eigenvalue weighted by Gasteiger charge is -2.05. The molecule has 0 bridgehead atoms. The number of ether oxygens (including phenoxy) is 1. The molecule has 0 atom stereocenters. The van der Waals surface area contributed by atoms with Crippen LogP contribution in [0.15, 0.2) is 33.3 Å². The molecule has 0 amide bonds. The van der Waals surface area contributed by atoms with E-state index in [9.17, 15) is 10.1 Å². The Labute approximate surface area is 111 Å². The molecule has 94 valence electrons. The average molecular weight is 313 g/mol. The molecular weight excluding hydrogens is 304 g/mol. The van der Waals surface area contributed by atoms with Crippen LogP contribution in [0.4, 0.5) is 5.69 Å². The summed E-state index contributed by atoms with van der Waals surface area (Å²) in [5.74, 6) is 1.08. The van der Waals surface area contributed by atoms with Crippen LogP contribution in [-0.2, 0) is 6.61 Å². The van der Waals surface area contributed by atoms with Gasteiger partial charge in [0.2, 0.25) is 0 Å². The molecule has 0 spiro atoms. The van der Waals surface area contributed by atoms with Gasteiger partial charge in [-0.2, -0.15) is 0 Å². The van der Waals surface area contributed by atoms with Gasteiger partial charge in [0.1, 0.15) is 23.8 Å². The molecule has 0 radical (unpaired) electrons. The van der Waals surface area contributed by atoms with Crippen molar-refractivity contribution in [2.75, 3.05) is 0 Å². The molecule has 0 aliphatic rings. The number of nitro groups is 1. The Morgan fingerprint density at radius 3 is 2.89 bits per heavy atom. The van der Waals surface area contributed by atoms with Gasteiger partial charge in [0.15, 0.2) is 0 Å².